The van der Waals surface area contributed by atoms with Gasteiger partial charge >= 0.3 is 0 Å². The zero-order valence-electron chi connectivity index (χ0n) is 22.5. The number of rotatable bonds is 9. The second-order valence-corrected chi connectivity index (χ2v) is 11.7. The summed E-state index contributed by atoms with van der Waals surface area (Å²) in [7, 11) is 0. The second kappa shape index (κ2) is 10.6. The van der Waals surface area contributed by atoms with Gasteiger partial charge in [0.05, 0.1) is 30.1 Å². The first-order valence-corrected chi connectivity index (χ1v) is 14.1. The zero-order chi connectivity index (χ0) is 27.9. The van der Waals surface area contributed by atoms with Gasteiger partial charge in [0, 0.05) is 17.3 Å². The van der Waals surface area contributed by atoms with Crippen LogP contribution in [0.4, 0.5) is 5.69 Å². The molecule has 39 heavy (non-hydrogen) atoms. The number of benzene rings is 2. The first kappa shape index (κ1) is 27.6. The van der Waals surface area contributed by atoms with Gasteiger partial charge in [-0.25, -0.2) is 0 Å². The summed E-state index contributed by atoms with van der Waals surface area (Å²) in [5.41, 5.74) is -0.509. The zero-order valence-corrected chi connectivity index (χ0v) is 23.3. The maximum absolute atomic E-state index is 14.3. The van der Waals surface area contributed by atoms with Gasteiger partial charge in [-0.05, 0) is 55.0 Å². The van der Waals surface area contributed by atoms with Crippen molar-refractivity contribution in [2.24, 2.45) is 17.8 Å². The summed E-state index contributed by atoms with van der Waals surface area (Å²) in [5.74, 6) is -2.64. The van der Waals surface area contributed by atoms with Crippen LogP contribution in [-0.2, 0) is 25.7 Å². The lowest BCUT2D eigenvalue weighted by Gasteiger charge is -2.38. The van der Waals surface area contributed by atoms with Crippen molar-refractivity contribution in [1.82, 2.24) is 10.2 Å². The number of carbonyl (C=O) groups is 3. The minimum atomic E-state index is -1.17. The molecule has 208 valence electrons. The van der Waals surface area contributed by atoms with Crippen LogP contribution in [0.5, 0.6) is 0 Å². The van der Waals surface area contributed by atoms with Gasteiger partial charge in [-0.3, -0.25) is 14.4 Å². The molecule has 2 aromatic carbocycles. The van der Waals surface area contributed by atoms with Crippen molar-refractivity contribution in [1.29, 1.82) is 0 Å². The molecule has 0 radical (unpaired) electrons. The average Bonchev–Trinajstić information content (AvgIpc) is 3.53. The van der Waals surface area contributed by atoms with Crippen molar-refractivity contribution in [2.45, 2.75) is 69.9 Å². The molecule has 3 amide bonds. The van der Waals surface area contributed by atoms with Crippen LogP contribution in [-0.4, -0.2) is 57.6 Å². The number of fused-ring (bicyclic) bond motifs is 1. The topological polar surface area (TPSA) is 108 Å². The maximum Gasteiger partial charge on any atom is 0.250 e. The molecule has 3 heterocycles. The van der Waals surface area contributed by atoms with Crippen molar-refractivity contribution in [2.75, 3.05) is 11.9 Å². The number of likely N-dealkylation sites (tertiary alicyclic amines) is 1. The van der Waals surface area contributed by atoms with Crippen molar-refractivity contribution in [3.05, 3.63) is 65.2 Å². The average molecular weight is 554 g/mol. The quantitative estimate of drug-likeness (QED) is 0.438. The van der Waals surface area contributed by atoms with E-state index < -0.39 is 41.0 Å². The van der Waals surface area contributed by atoms with Gasteiger partial charge in [0.25, 0.3) is 0 Å². The fourth-order valence-corrected chi connectivity index (χ4v) is 7.10. The number of hydrogen-bond donors (Lipinski definition) is 3. The molecule has 3 fully saturated rings. The number of aliphatic hydroxyl groups is 1. The van der Waals surface area contributed by atoms with E-state index in [-0.39, 0.29) is 24.3 Å². The number of halogens is 1. The van der Waals surface area contributed by atoms with Crippen LogP contribution < -0.4 is 10.6 Å². The SMILES string of the molecule is CC[C@]12CCC3(O1)C(C(=O)Nc1ccc(Cl)cc1)N([C@@H](CO)C(C)C)C(=O)[C@@H]3[C@H]2C(=O)NCc1ccccc1. The van der Waals surface area contributed by atoms with Crippen molar-refractivity contribution < 1.29 is 24.2 Å². The van der Waals surface area contributed by atoms with Gasteiger partial charge in [0.1, 0.15) is 11.6 Å². The van der Waals surface area contributed by atoms with Crippen LogP contribution in [0.3, 0.4) is 0 Å². The first-order chi connectivity index (χ1) is 18.7. The minimum Gasteiger partial charge on any atom is -0.394 e. The van der Waals surface area contributed by atoms with Crippen molar-refractivity contribution in [3.8, 4) is 0 Å². The standard InChI is InChI=1S/C30H36ClN3O5/c1-4-29-14-15-30(39-29)24(23(29)26(36)32-16-19-8-6-5-7-9-19)28(38)34(22(17-35)18(2)3)25(30)27(37)33-21-12-10-20(31)11-13-21/h5-13,18,22-25,35H,4,14-17H2,1-3H3,(H,32,36)(H,33,37)/t22-,23-,24-,25?,29+,30?/m0/s1. The van der Waals surface area contributed by atoms with Crippen LogP contribution >= 0.6 is 11.6 Å². The summed E-state index contributed by atoms with van der Waals surface area (Å²) >= 11 is 6.03. The maximum atomic E-state index is 14.3. The number of hydrogen-bond acceptors (Lipinski definition) is 5. The van der Waals surface area contributed by atoms with Gasteiger partial charge in [-0.1, -0.05) is 62.7 Å². The Morgan fingerprint density at radius 2 is 1.79 bits per heavy atom. The normalized spacial score (nSPS) is 29.9. The van der Waals surface area contributed by atoms with E-state index in [2.05, 4.69) is 10.6 Å². The first-order valence-electron chi connectivity index (χ1n) is 13.7. The van der Waals surface area contributed by atoms with Gasteiger partial charge in [-0.2, -0.15) is 0 Å². The van der Waals surface area contributed by atoms with E-state index in [9.17, 15) is 19.5 Å². The van der Waals surface area contributed by atoms with Gasteiger partial charge in [0.2, 0.25) is 17.7 Å². The molecule has 3 aliphatic rings. The predicted molar refractivity (Wildman–Crippen MR) is 148 cm³/mol. The van der Waals surface area contributed by atoms with Gasteiger partial charge in [0.15, 0.2) is 0 Å². The third kappa shape index (κ3) is 4.52. The van der Waals surface area contributed by atoms with Crippen molar-refractivity contribution >= 4 is 35.0 Å². The molecule has 9 heteroatoms. The molecule has 3 N–H and O–H groups in total. The van der Waals surface area contributed by atoms with E-state index in [1.807, 2.05) is 51.1 Å². The summed E-state index contributed by atoms with van der Waals surface area (Å²) in [4.78, 5) is 43.6. The highest BCUT2D eigenvalue weighted by Gasteiger charge is 2.79. The number of ether oxygens (including phenoxy) is 1. The highest BCUT2D eigenvalue weighted by molar-refractivity contribution is 6.30. The number of carbonyl (C=O) groups excluding carboxylic acids is 3. The Hall–Kier alpha value is -2.94. The van der Waals surface area contributed by atoms with E-state index >= 15 is 0 Å². The van der Waals surface area contributed by atoms with E-state index in [0.717, 1.165) is 5.56 Å². The Morgan fingerprint density at radius 1 is 1.10 bits per heavy atom. The van der Waals surface area contributed by atoms with Crippen LogP contribution in [0.25, 0.3) is 0 Å². The Morgan fingerprint density at radius 3 is 2.41 bits per heavy atom. The molecular weight excluding hydrogens is 518 g/mol. The molecule has 2 bridgehead atoms. The second-order valence-electron chi connectivity index (χ2n) is 11.3. The van der Waals surface area contributed by atoms with Crippen LogP contribution in [0.1, 0.15) is 45.6 Å². The highest BCUT2D eigenvalue weighted by atomic mass is 35.5. The molecule has 0 aliphatic carbocycles. The highest BCUT2D eigenvalue weighted by Crippen LogP contribution is 2.64. The molecule has 2 unspecified atom stereocenters. The molecule has 3 aliphatic heterocycles. The minimum absolute atomic E-state index is 0.122. The third-order valence-corrected chi connectivity index (χ3v) is 9.14. The molecule has 0 saturated carbocycles. The Kier molecular flexibility index (Phi) is 7.48. The molecule has 1 spiro atoms. The fourth-order valence-electron chi connectivity index (χ4n) is 6.97. The Labute approximate surface area is 234 Å². The van der Waals surface area contributed by atoms with Gasteiger partial charge in [-0.15, -0.1) is 0 Å². The number of anilines is 1. The lowest BCUT2D eigenvalue weighted by molar-refractivity contribution is -0.150. The largest absolute Gasteiger partial charge is 0.394 e. The molecule has 3 saturated heterocycles. The number of amides is 3. The molecule has 6 atom stereocenters. The van der Waals surface area contributed by atoms with E-state index in [4.69, 9.17) is 16.3 Å². The van der Waals surface area contributed by atoms with E-state index in [0.29, 0.717) is 36.5 Å². The summed E-state index contributed by atoms with van der Waals surface area (Å²) < 4.78 is 6.79. The van der Waals surface area contributed by atoms with Crippen molar-refractivity contribution in [3.63, 3.8) is 0 Å². The predicted octanol–water partition coefficient (Wildman–Crippen LogP) is 3.77. The van der Waals surface area contributed by atoms with Crippen LogP contribution in [0, 0.1) is 17.8 Å². The number of aliphatic hydroxyl groups excluding tert-OH is 1. The summed E-state index contributed by atoms with van der Waals surface area (Å²) in [6.45, 7) is 5.81. The Balaban J connectivity index is 1.52. The Bertz CT molecular complexity index is 1240. The molecule has 8 nitrogen and oxygen atoms in total. The summed E-state index contributed by atoms with van der Waals surface area (Å²) in [6.07, 6.45) is 1.59. The monoisotopic (exact) mass is 553 g/mol. The lowest BCUT2D eigenvalue weighted by Crippen LogP contribution is -2.57. The smallest absolute Gasteiger partial charge is 0.250 e. The molecule has 0 aromatic heterocycles. The molecular formula is C30H36ClN3O5. The number of nitrogens with zero attached hydrogens (tertiary/aromatic N) is 1. The lowest BCUT2D eigenvalue weighted by atomic mass is 9.65. The van der Waals surface area contributed by atoms with Crippen LogP contribution in [0.15, 0.2) is 54.6 Å². The van der Waals surface area contributed by atoms with E-state index in [1.165, 1.54) is 4.90 Å². The number of nitrogens with one attached hydrogen (secondary N) is 2. The summed E-state index contributed by atoms with van der Waals surface area (Å²) in [6, 6.07) is 14.8. The van der Waals surface area contributed by atoms with Gasteiger partial charge < -0.3 is 25.4 Å². The molecule has 2 aromatic rings. The fraction of sp³-hybridized carbons (Fsp3) is 0.500. The third-order valence-electron chi connectivity index (χ3n) is 8.88. The molecule has 5 rings (SSSR count). The van der Waals surface area contributed by atoms with E-state index in [1.54, 1.807) is 24.3 Å². The van der Waals surface area contributed by atoms with Crippen LogP contribution in [0.2, 0.25) is 5.02 Å². The summed E-state index contributed by atoms with van der Waals surface area (Å²) in [5, 5.41) is 16.9.